The van der Waals surface area contributed by atoms with E-state index in [1.807, 2.05) is 0 Å². The van der Waals surface area contributed by atoms with Crippen LogP contribution in [0.3, 0.4) is 0 Å². The highest BCUT2D eigenvalue weighted by atomic mass is 32.2. The monoisotopic (exact) mass is 753 g/mol. The maximum Gasteiger partial charge on any atom is 0.460 e. The van der Waals surface area contributed by atoms with Crippen molar-refractivity contribution in [1.29, 1.82) is 0 Å². The van der Waals surface area contributed by atoms with Crippen LogP contribution in [0.1, 0.15) is 5.56 Å². The lowest BCUT2D eigenvalue weighted by Gasteiger charge is -2.36. The van der Waals surface area contributed by atoms with Gasteiger partial charge in [-0.25, -0.2) is 8.78 Å². The molecule has 0 saturated heterocycles. The van der Waals surface area contributed by atoms with Crippen molar-refractivity contribution in [3.05, 3.63) is 60.2 Å². The van der Waals surface area contributed by atoms with Crippen molar-refractivity contribution < 1.29 is 96.1 Å². The largest absolute Gasteiger partial charge is 0.460 e. The summed E-state index contributed by atoms with van der Waals surface area (Å²) in [5.41, 5.74) is -5.40. The molecule has 0 spiro atoms. The summed E-state index contributed by atoms with van der Waals surface area (Å²) >= 11 is 0. The quantitative estimate of drug-likeness (QED) is 0.0850. The number of alkyl halides is 19. The predicted octanol–water partition coefficient (Wildman–Crippen LogP) is 9.28. The smallest absolute Gasteiger partial charge is 0.263 e. The molecule has 0 atom stereocenters. The summed E-state index contributed by atoms with van der Waals surface area (Å²) in [6.45, 7) is 0. The van der Waals surface area contributed by atoms with Crippen LogP contribution in [0.4, 0.5) is 83.4 Å². The summed E-state index contributed by atoms with van der Waals surface area (Å²) in [4.78, 5) is 0. The fourth-order valence-corrected chi connectivity index (χ4v) is 4.43. The highest BCUT2D eigenvalue weighted by molar-refractivity contribution is 7.87. The van der Waals surface area contributed by atoms with Crippen LogP contribution in [0.15, 0.2) is 59.8 Å². The Balaban J connectivity index is 2.33. The zero-order valence-electron chi connectivity index (χ0n) is 22.0. The lowest BCUT2D eigenvalue weighted by atomic mass is 9.91. The molecule has 0 heterocycles. The molecule has 3 rings (SSSR count). The Morgan fingerprint density at radius 1 is 0.583 bits per heavy atom. The SMILES string of the molecule is O=S(=O)(ON=C(c1ccc2cc3ccccc3cc2c1)C(F)(F)C(F)(F)C(F)(F)C(F)(F)C(F)F)C(F)(F)C(F)(F)C(F)(F)C(F)(F)F. The van der Waals surface area contributed by atoms with Crippen LogP contribution in [0.5, 0.6) is 0 Å². The van der Waals surface area contributed by atoms with E-state index in [0.29, 0.717) is 11.5 Å². The zero-order valence-corrected chi connectivity index (χ0v) is 22.9. The Morgan fingerprint density at radius 2 is 1.04 bits per heavy atom. The van der Waals surface area contributed by atoms with Crippen LogP contribution >= 0.6 is 0 Å². The second kappa shape index (κ2) is 11.4. The molecule has 4 nitrogen and oxygen atoms in total. The van der Waals surface area contributed by atoms with Gasteiger partial charge in [-0.05, 0) is 39.7 Å². The minimum Gasteiger partial charge on any atom is -0.263 e. The number of fused-ring (bicyclic) bond motifs is 2. The van der Waals surface area contributed by atoms with Crippen molar-refractivity contribution in [2.45, 2.75) is 53.4 Å². The summed E-state index contributed by atoms with van der Waals surface area (Å²) < 4.78 is 284. The number of hydrogen-bond acceptors (Lipinski definition) is 4. The van der Waals surface area contributed by atoms with Gasteiger partial charge < -0.3 is 0 Å². The van der Waals surface area contributed by atoms with Gasteiger partial charge in [0, 0.05) is 5.56 Å². The molecule has 24 heteroatoms. The van der Waals surface area contributed by atoms with Gasteiger partial charge in [-0.2, -0.15) is 83.1 Å². The summed E-state index contributed by atoms with van der Waals surface area (Å²) in [5, 5.41) is -6.43. The Labute approximate surface area is 252 Å². The first-order valence-corrected chi connectivity index (χ1v) is 13.2. The highest BCUT2D eigenvalue weighted by Gasteiger charge is 2.87. The van der Waals surface area contributed by atoms with E-state index in [1.165, 1.54) is 35.5 Å². The van der Waals surface area contributed by atoms with Crippen LogP contribution < -0.4 is 0 Å². The lowest BCUT2D eigenvalue weighted by molar-refractivity contribution is -0.382. The number of oxime groups is 1. The fraction of sp³-hybridized carbons (Fsp3) is 0.375. The van der Waals surface area contributed by atoms with Crippen molar-refractivity contribution in [3.63, 3.8) is 0 Å². The summed E-state index contributed by atoms with van der Waals surface area (Å²) in [7, 11) is -8.30. The van der Waals surface area contributed by atoms with Crippen LogP contribution in [0, 0.1) is 0 Å². The van der Waals surface area contributed by atoms with Crippen LogP contribution in [0.2, 0.25) is 0 Å². The maximum absolute atomic E-state index is 15.1. The molecule has 48 heavy (non-hydrogen) atoms. The van der Waals surface area contributed by atoms with E-state index in [1.54, 1.807) is 0 Å². The molecule has 268 valence electrons. The normalized spacial score (nSPS) is 15.5. The molecule has 0 amide bonds. The average Bonchev–Trinajstić information content (AvgIpc) is 2.94. The van der Waals surface area contributed by atoms with Gasteiger partial charge in [0.1, 0.15) is 0 Å². The number of rotatable bonds is 11. The van der Waals surface area contributed by atoms with Gasteiger partial charge in [-0.15, -0.1) is 0 Å². The molecule has 0 aliphatic carbocycles. The third kappa shape index (κ3) is 5.61. The van der Waals surface area contributed by atoms with E-state index in [-0.39, 0.29) is 22.9 Å². The van der Waals surface area contributed by atoms with Gasteiger partial charge >= 0.3 is 63.5 Å². The highest BCUT2D eigenvalue weighted by Crippen LogP contribution is 2.57. The Hall–Kier alpha value is -3.73. The fourth-order valence-electron chi connectivity index (χ4n) is 3.72. The molecule has 0 saturated carbocycles. The Bertz CT molecular complexity index is 1840. The molecule has 3 aromatic rings. The molecule has 0 radical (unpaired) electrons. The molecule has 0 aromatic heterocycles. The first-order chi connectivity index (χ1) is 21.3. The van der Waals surface area contributed by atoms with Gasteiger partial charge in [-0.3, -0.25) is 4.28 Å². The second-order valence-corrected chi connectivity index (χ2v) is 11.1. The Morgan fingerprint density at radius 3 is 1.50 bits per heavy atom. The van der Waals surface area contributed by atoms with E-state index in [9.17, 15) is 83.1 Å². The van der Waals surface area contributed by atoms with E-state index >= 15 is 8.78 Å². The summed E-state index contributed by atoms with van der Waals surface area (Å²) in [5.74, 6) is -46.4. The van der Waals surface area contributed by atoms with Gasteiger partial charge in [0.05, 0.1) is 0 Å². The second-order valence-electron chi connectivity index (χ2n) is 9.54. The van der Waals surface area contributed by atoms with Gasteiger partial charge in [0.2, 0.25) is 0 Å². The molecular formula is C24H10F19NO3S. The first-order valence-electron chi connectivity index (χ1n) is 11.8. The third-order valence-electron chi connectivity index (χ3n) is 6.41. The molecule has 0 N–H and O–H groups in total. The molecule has 0 fully saturated rings. The maximum atomic E-state index is 15.1. The number of halogens is 19. The molecule has 3 aromatic carbocycles. The predicted molar refractivity (Wildman–Crippen MR) is 125 cm³/mol. The molecule has 0 aliphatic heterocycles. The minimum atomic E-state index is -8.30. The van der Waals surface area contributed by atoms with E-state index in [4.69, 9.17) is 0 Å². The topological polar surface area (TPSA) is 55.7 Å². The first kappa shape index (κ1) is 38.7. The van der Waals surface area contributed by atoms with Crippen molar-refractivity contribution in [3.8, 4) is 0 Å². The van der Waals surface area contributed by atoms with E-state index in [0.717, 1.165) is 6.07 Å². The standard InChI is InChI=1S/C24H10F19NO3S/c25-16(26)18(29,30)20(33,34)19(31,32)17(27,28)15(13-6-5-12-7-10-3-1-2-4-11(10)8-14(12)9-13)44-47-48(45,46)24(42,43)22(37,38)21(35,36)23(39,40)41/h1-9,16H. The van der Waals surface area contributed by atoms with Crippen molar-refractivity contribution >= 4 is 37.4 Å². The van der Waals surface area contributed by atoms with Crippen molar-refractivity contribution in [1.82, 2.24) is 0 Å². The third-order valence-corrected chi connectivity index (χ3v) is 7.57. The summed E-state index contributed by atoms with van der Waals surface area (Å²) in [6.07, 6.45) is -13.5. The minimum absolute atomic E-state index is 0.0733. The number of benzene rings is 3. The van der Waals surface area contributed by atoms with Gasteiger partial charge in [0.25, 0.3) is 0 Å². The lowest BCUT2D eigenvalue weighted by Crippen LogP contribution is -2.66. The molecule has 0 bridgehead atoms. The summed E-state index contributed by atoms with van der Waals surface area (Å²) in [6, 6.07) is 8.60. The van der Waals surface area contributed by atoms with Crippen molar-refractivity contribution in [2.24, 2.45) is 5.16 Å². The average molecular weight is 753 g/mol. The molecule has 0 aliphatic rings. The number of nitrogens with zero attached hydrogens (tertiary/aromatic N) is 1. The van der Waals surface area contributed by atoms with Gasteiger partial charge in [-0.1, -0.05) is 41.6 Å². The van der Waals surface area contributed by atoms with E-state index in [2.05, 4.69) is 4.28 Å². The Kier molecular flexibility index (Phi) is 9.21. The molecular weight excluding hydrogens is 743 g/mol. The zero-order chi connectivity index (χ0) is 37.3. The van der Waals surface area contributed by atoms with Crippen LogP contribution in [0.25, 0.3) is 21.5 Å². The van der Waals surface area contributed by atoms with Crippen molar-refractivity contribution in [2.75, 3.05) is 0 Å². The molecule has 0 unspecified atom stereocenters. The van der Waals surface area contributed by atoms with Crippen LogP contribution in [-0.4, -0.2) is 67.5 Å². The number of hydrogen-bond donors (Lipinski definition) is 0. The van der Waals surface area contributed by atoms with Gasteiger partial charge in [0.15, 0.2) is 5.71 Å². The van der Waals surface area contributed by atoms with Crippen LogP contribution in [-0.2, 0) is 14.4 Å². The van der Waals surface area contributed by atoms with E-state index < -0.39 is 80.2 Å².